The number of para-hydroxylation sites is 1. The first-order valence-corrected chi connectivity index (χ1v) is 8.92. The maximum absolute atomic E-state index is 12.5. The molecule has 1 aliphatic rings. The van der Waals surface area contributed by atoms with E-state index in [1.165, 1.54) is 6.42 Å². The summed E-state index contributed by atoms with van der Waals surface area (Å²) in [6, 6.07) is 5.84. The highest BCUT2D eigenvalue weighted by Gasteiger charge is 2.28. The van der Waals surface area contributed by atoms with Crippen LogP contribution in [-0.2, 0) is 4.74 Å². The van der Waals surface area contributed by atoms with E-state index in [1.54, 1.807) is 13.3 Å². The summed E-state index contributed by atoms with van der Waals surface area (Å²) in [5.41, 5.74) is 2.23. The van der Waals surface area contributed by atoms with Gasteiger partial charge in [-0.05, 0) is 31.2 Å². The fraction of sp³-hybridized carbons (Fsp3) is 0.500. The molecule has 0 radical (unpaired) electrons. The number of anilines is 1. The minimum atomic E-state index is -0.319. The number of piperidine rings is 1. The number of fused-ring (bicyclic) bond motifs is 1. The van der Waals surface area contributed by atoms with Crippen LogP contribution in [0.4, 0.5) is 5.69 Å². The SMILES string of the molecule is CCOC(=O)c1cnc2c(OC)cccc2c1N1C[C@H](C)C[C@@H](C)C1. The van der Waals surface area contributed by atoms with Gasteiger partial charge in [-0.1, -0.05) is 26.0 Å². The Kier molecular flexibility index (Phi) is 5.11. The lowest BCUT2D eigenvalue weighted by molar-refractivity contribution is 0.0526. The number of pyridine rings is 1. The summed E-state index contributed by atoms with van der Waals surface area (Å²) in [5.74, 6) is 1.55. The van der Waals surface area contributed by atoms with Crippen molar-refractivity contribution in [3.05, 3.63) is 30.0 Å². The molecule has 0 spiro atoms. The van der Waals surface area contributed by atoms with E-state index in [0.717, 1.165) is 29.7 Å². The van der Waals surface area contributed by atoms with Gasteiger partial charge in [0.15, 0.2) is 0 Å². The molecule has 3 rings (SSSR count). The largest absolute Gasteiger partial charge is 0.494 e. The van der Waals surface area contributed by atoms with Crippen LogP contribution in [0.25, 0.3) is 10.9 Å². The Bertz CT molecular complexity index is 765. The van der Waals surface area contributed by atoms with Crippen LogP contribution in [0.2, 0.25) is 0 Å². The van der Waals surface area contributed by atoms with Crippen molar-refractivity contribution < 1.29 is 14.3 Å². The van der Waals surface area contributed by atoms with E-state index in [-0.39, 0.29) is 5.97 Å². The monoisotopic (exact) mass is 342 g/mol. The summed E-state index contributed by atoms with van der Waals surface area (Å²) in [5, 5.41) is 0.936. The lowest BCUT2D eigenvalue weighted by atomic mass is 9.90. The van der Waals surface area contributed by atoms with Crippen molar-refractivity contribution in [1.82, 2.24) is 4.98 Å². The number of hydrogen-bond donors (Lipinski definition) is 0. The summed E-state index contributed by atoms with van der Waals surface area (Å²) >= 11 is 0. The third-order valence-electron chi connectivity index (χ3n) is 4.73. The minimum Gasteiger partial charge on any atom is -0.494 e. The van der Waals surface area contributed by atoms with Gasteiger partial charge in [0, 0.05) is 24.7 Å². The second-order valence-electron chi connectivity index (χ2n) is 6.95. The van der Waals surface area contributed by atoms with Gasteiger partial charge >= 0.3 is 5.97 Å². The molecule has 1 saturated heterocycles. The van der Waals surface area contributed by atoms with Crippen molar-refractivity contribution in [3.8, 4) is 5.75 Å². The number of nitrogens with zero attached hydrogens (tertiary/aromatic N) is 2. The molecule has 0 saturated carbocycles. The molecule has 0 unspecified atom stereocenters. The van der Waals surface area contributed by atoms with E-state index in [0.29, 0.717) is 29.8 Å². The zero-order chi connectivity index (χ0) is 18.0. The maximum atomic E-state index is 12.5. The molecule has 5 heteroatoms. The van der Waals surface area contributed by atoms with Crippen LogP contribution in [0.3, 0.4) is 0 Å². The fourth-order valence-corrected chi connectivity index (χ4v) is 3.89. The summed E-state index contributed by atoms with van der Waals surface area (Å²) in [4.78, 5) is 19.4. The second kappa shape index (κ2) is 7.30. The van der Waals surface area contributed by atoms with Crippen molar-refractivity contribution in [1.29, 1.82) is 0 Å². The third-order valence-corrected chi connectivity index (χ3v) is 4.73. The molecule has 134 valence electrons. The lowest BCUT2D eigenvalue weighted by Crippen LogP contribution is -2.39. The van der Waals surface area contributed by atoms with Crippen LogP contribution in [0, 0.1) is 11.8 Å². The van der Waals surface area contributed by atoms with E-state index in [4.69, 9.17) is 9.47 Å². The molecule has 0 bridgehead atoms. The first kappa shape index (κ1) is 17.5. The topological polar surface area (TPSA) is 51.7 Å². The van der Waals surface area contributed by atoms with Gasteiger partial charge in [-0.15, -0.1) is 0 Å². The van der Waals surface area contributed by atoms with E-state index >= 15 is 0 Å². The van der Waals surface area contributed by atoms with E-state index in [2.05, 4.69) is 23.7 Å². The Morgan fingerprint density at radius 1 is 1.28 bits per heavy atom. The van der Waals surface area contributed by atoms with E-state index in [9.17, 15) is 4.79 Å². The first-order valence-electron chi connectivity index (χ1n) is 8.92. The highest BCUT2D eigenvalue weighted by Crippen LogP contribution is 2.37. The standard InChI is InChI=1S/C20H26N2O3/c1-5-25-20(23)16-10-21-18-15(7-6-8-17(18)24-4)19(16)22-11-13(2)9-14(3)12-22/h6-8,10,13-14H,5,9,11-12H2,1-4H3/t13-,14-/m1/s1. The molecule has 25 heavy (non-hydrogen) atoms. The molecule has 2 heterocycles. The first-order chi connectivity index (χ1) is 12.0. The quantitative estimate of drug-likeness (QED) is 0.789. The van der Waals surface area contributed by atoms with Crippen LogP contribution < -0.4 is 9.64 Å². The highest BCUT2D eigenvalue weighted by atomic mass is 16.5. The number of methoxy groups -OCH3 is 1. The molecule has 0 N–H and O–H groups in total. The summed E-state index contributed by atoms with van der Waals surface area (Å²) in [6.45, 7) is 8.54. The third kappa shape index (κ3) is 3.41. The van der Waals surface area contributed by atoms with Gasteiger partial charge in [-0.25, -0.2) is 4.79 Å². The van der Waals surface area contributed by atoms with E-state index < -0.39 is 0 Å². The Labute approximate surface area is 148 Å². The number of benzene rings is 1. The van der Waals surface area contributed by atoms with Crippen LogP contribution in [-0.4, -0.2) is 37.8 Å². The van der Waals surface area contributed by atoms with Crippen LogP contribution in [0.15, 0.2) is 24.4 Å². The summed E-state index contributed by atoms with van der Waals surface area (Å²) < 4.78 is 10.7. The minimum absolute atomic E-state index is 0.319. The average Bonchev–Trinajstić information content (AvgIpc) is 2.59. The normalized spacial score (nSPS) is 20.6. The van der Waals surface area contributed by atoms with Crippen molar-refractivity contribution in [2.24, 2.45) is 11.8 Å². The van der Waals surface area contributed by atoms with Gasteiger partial charge in [-0.2, -0.15) is 0 Å². The van der Waals surface area contributed by atoms with Gasteiger partial charge in [0.05, 0.1) is 19.4 Å². The predicted octanol–water partition coefficient (Wildman–Crippen LogP) is 3.90. The lowest BCUT2D eigenvalue weighted by Gasteiger charge is -2.38. The Hall–Kier alpha value is -2.30. The number of aromatic nitrogens is 1. The van der Waals surface area contributed by atoms with Gasteiger partial charge < -0.3 is 14.4 Å². The summed E-state index contributed by atoms with van der Waals surface area (Å²) in [6.07, 6.45) is 2.83. The van der Waals surface area contributed by atoms with Gasteiger partial charge in [-0.3, -0.25) is 4.98 Å². The Morgan fingerprint density at radius 3 is 2.64 bits per heavy atom. The van der Waals surface area contributed by atoms with Crippen molar-refractivity contribution in [2.75, 3.05) is 31.7 Å². The van der Waals surface area contributed by atoms with E-state index in [1.807, 2.05) is 25.1 Å². The molecule has 1 aromatic carbocycles. The Balaban J connectivity index is 2.20. The van der Waals surface area contributed by atoms with Crippen molar-refractivity contribution in [3.63, 3.8) is 0 Å². The number of esters is 1. The maximum Gasteiger partial charge on any atom is 0.341 e. The smallest absolute Gasteiger partial charge is 0.341 e. The molecular formula is C20H26N2O3. The predicted molar refractivity (Wildman–Crippen MR) is 99.4 cm³/mol. The average molecular weight is 342 g/mol. The fourth-order valence-electron chi connectivity index (χ4n) is 3.89. The van der Waals surface area contributed by atoms with Crippen LogP contribution in [0.5, 0.6) is 5.75 Å². The van der Waals surface area contributed by atoms with Gasteiger partial charge in [0.25, 0.3) is 0 Å². The number of rotatable bonds is 4. The molecule has 1 aromatic heterocycles. The second-order valence-corrected chi connectivity index (χ2v) is 6.95. The molecular weight excluding hydrogens is 316 g/mol. The molecule has 0 amide bonds. The molecule has 1 aliphatic heterocycles. The molecule has 2 atom stereocenters. The molecule has 0 aliphatic carbocycles. The number of carbonyl (C=O) groups is 1. The van der Waals surface area contributed by atoms with Crippen LogP contribution in [0.1, 0.15) is 37.6 Å². The number of ether oxygens (including phenoxy) is 2. The van der Waals surface area contributed by atoms with Crippen molar-refractivity contribution >= 4 is 22.6 Å². The zero-order valence-corrected chi connectivity index (χ0v) is 15.4. The highest BCUT2D eigenvalue weighted by molar-refractivity contribution is 6.06. The summed E-state index contributed by atoms with van der Waals surface area (Å²) in [7, 11) is 1.64. The van der Waals surface area contributed by atoms with Crippen molar-refractivity contribution in [2.45, 2.75) is 27.2 Å². The molecule has 5 nitrogen and oxygen atoms in total. The van der Waals surface area contributed by atoms with Gasteiger partial charge in [0.1, 0.15) is 16.8 Å². The van der Waals surface area contributed by atoms with Crippen LogP contribution >= 0.6 is 0 Å². The molecule has 1 fully saturated rings. The molecule has 2 aromatic rings. The Morgan fingerprint density at radius 2 is 2.00 bits per heavy atom. The number of carbonyl (C=O) groups excluding carboxylic acids is 1. The zero-order valence-electron chi connectivity index (χ0n) is 15.4. The van der Waals surface area contributed by atoms with Gasteiger partial charge in [0.2, 0.25) is 0 Å². The number of hydrogen-bond acceptors (Lipinski definition) is 5.